The standard InChI is InChI=1S/C14H18BrF3N2O/c1-13(2,3)20-12(21)6-7-19-11-8-9(15)4-5-10(11)14(16,17)18/h4-5,8,19H,6-7H2,1-3H3,(H,20,21). The van der Waals surface area contributed by atoms with Crippen molar-refractivity contribution in [2.75, 3.05) is 11.9 Å². The van der Waals surface area contributed by atoms with Crippen LogP contribution in [-0.2, 0) is 11.0 Å². The van der Waals surface area contributed by atoms with E-state index in [1.165, 1.54) is 12.1 Å². The van der Waals surface area contributed by atoms with Gasteiger partial charge in [-0.2, -0.15) is 13.2 Å². The van der Waals surface area contributed by atoms with E-state index in [-0.39, 0.29) is 30.1 Å². The Morgan fingerprint density at radius 1 is 1.24 bits per heavy atom. The number of carbonyl (C=O) groups is 1. The molecule has 3 nitrogen and oxygen atoms in total. The maximum atomic E-state index is 12.9. The molecule has 0 aliphatic rings. The van der Waals surface area contributed by atoms with Crippen molar-refractivity contribution in [2.45, 2.75) is 38.9 Å². The zero-order valence-corrected chi connectivity index (χ0v) is 13.7. The van der Waals surface area contributed by atoms with E-state index < -0.39 is 11.7 Å². The Kier molecular flexibility index (Phi) is 5.67. The van der Waals surface area contributed by atoms with E-state index >= 15 is 0 Å². The molecule has 0 bridgehead atoms. The fraction of sp³-hybridized carbons (Fsp3) is 0.500. The van der Waals surface area contributed by atoms with Gasteiger partial charge in [-0.3, -0.25) is 4.79 Å². The van der Waals surface area contributed by atoms with Gasteiger partial charge >= 0.3 is 6.18 Å². The summed E-state index contributed by atoms with van der Waals surface area (Å²) in [6.45, 7) is 5.65. The molecule has 0 heterocycles. The number of carbonyl (C=O) groups excluding carboxylic acids is 1. The minimum atomic E-state index is -4.43. The number of anilines is 1. The minimum absolute atomic E-state index is 0.0413. The average Bonchev–Trinajstić information content (AvgIpc) is 2.24. The Bertz CT molecular complexity index is 510. The van der Waals surface area contributed by atoms with Crippen LogP contribution in [0.3, 0.4) is 0 Å². The number of halogens is 4. The highest BCUT2D eigenvalue weighted by atomic mass is 79.9. The second kappa shape index (κ2) is 6.68. The molecule has 0 aliphatic heterocycles. The quantitative estimate of drug-likeness (QED) is 0.838. The number of benzene rings is 1. The summed E-state index contributed by atoms with van der Waals surface area (Å²) >= 11 is 3.14. The molecular weight excluding hydrogens is 349 g/mol. The van der Waals surface area contributed by atoms with Crippen molar-refractivity contribution in [2.24, 2.45) is 0 Å². The summed E-state index contributed by atoms with van der Waals surface area (Å²) in [6.07, 6.45) is -4.34. The molecule has 0 aliphatic carbocycles. The fourth-order valence-corrected chi connectivity index (χ4v) is 2.06. The van der Waals surface area contributed by atoms with Crippen LogP contribution in [0.5, 0.6) is 0 Å². The monoisotopic (exact) mass is 366 g/mol. The molecule has 118 valence electrons. The van der Waals surface area contributed by atoms with Gasteiger partial charge in [0.25, 0.3) is 0 Å². The summed E-state index contributed by atoms with van der Waals surface area (Å²) in [5, 5.41) is 5.42. The van der Waals surface area contributed by atoms with Crippen molar-refractivity contribution in [1.82, 2.24) is 5.32 Å². The van der Waals surface area contributed by atoms with Crippen molar-refractivity contribution in [3.63, 3.8) is 0 Å². The van der Waals surface area contributed by atoms with Gasteiger partial charge < -0.3 is 10.6 Å². The second-order valence-corrected chi connectivity index (χ2v) is 6.58. The smallest absolute Gasteiger partial charge is 0.384 e. The van der Waals surface area contributed by atoms with Crippen LogP contribution < -0.4 is 10.6 Å². The topological polar surface area (TPSA) is 41.1 Å². The Balaban J connectivity index is 2.68. The lowest BCUT2D eigenvalue weighted by atomic mass is 10.1. The molecule has 1 aromatic rings. The van der Waals surface area contributed by atoms with Gasteiger partial charge in [0.15, 0.2) is 0 Å². The minimum Gasteiger partial charge on any atom is -0.384 e. The first-order valence-corrected chi connectivity index (χ1v) is 7.20. The first-order chi connectivity index (χ1) is 9.49. The third-order valence-corrected chi connectivity index (χ3v) is 2.96. The number of nitrogens with one attached hydrogen (secondary N) is 2. The molecule has 2 N–H and O–H groups in total. The summed E-state index contributed by atoms with van der Waals surface area (Å²) < 4.78 is 39.1. The third kappa shape index (κ3) is 6.37. The molecule has 1 rings (SSSR count). The Labute approximate surface area is 130 Å². The number of alkyl halides is 3. The second-order valence-electron chi connectivity index (χ2n) is 5.66. The van der Waals surface area contributed by atoms with Crippen LogP contribution in [0.4, 0.5) is 18.9 Å². The maximum absolute atomic E-state index is 12.9. The van der Waals surface area contributed by atoms with Crippen LogP contribution >= 0.6 is 15.9 Å². The van der Waals surface area contributed by atoms with Gasteiger partial charge in [-0.1, -0.05) is 15.9 Å². The maximum Gasteiger partial charge on any atom is 0.418 e. The van der Waals surface area contributed by atoms with Gasteiger partial charge in [0.2, 0.25) is 5.91 Å². The van der Waals surface area contributed by atoms with E-state index in [9.17, 15) is 18.0 Å². The first-order valence-electron chi connectivity index (χ1n) is 6.41. The van der Waals surface area contributed by atoms with Crippen LogP contribution in [-0.4, -0.2) is 18.0 Å². The number of amides is 1. The van der Waals surface area contributed by atoms with Gasteiger partial charge in [-0.25, -0.2) is 0 Å². The van der Waals surface area contributed by atoms with Gasteiger partial charge in [0.1, 0.15) is 0 Å². The normalized spacial score (nSPS) is 12.1. The van der Waals surface area contributed by atoms with Gasteiger partial charge in [-0.15, -0.1) is 0 Å². The highest BCUT2D eigenvalue weighted by Crippen LogP contribution is 2.36. The van der Waals surface area contributed by atoms with Gasteiger partial charge in [0, 0.05) is 28.7 Å². The molecule has 0 fully saturated rings. The summed E-state index contributed by atoms with van der Waals surface area (Å²) in [6, 6.07) is 3.69. The van der Waals surface area contributed by atoms with Crippen LogP contribution in [0.25, 0.3) is 0 Å². The molecular formula is C14H18BrF3N2O. The highest BCUT2D eigenvalue weighted by molar-refractivity contribution is 9.10. The molecule has 0 unspecified atom stereocenters. The van der Waals surface area contributed by atoms with Crippen LogP contribution in [0.2, 0.25) is 0 Å². The van der Waals surface area contributed by atoms with Crippen molar-refractivity contribution >= 4 is 27.5 Å². The van der Waals surface area contributed by atoms with Crippen molar-refractivity contribution in [1.29, 1.82) is 0 Å². The van der Waals surface area contributed by atoms with E-state index in [2.05, 4.69) is 26.6 Å². The van der Waals surface area contributed by atoms with Crippen LogP contribution in [0.1, 0.15) is 32.8 Å². The summed E-state index contributed by atoms with van der Waals surface area (Å²) in [5.74, 6) is -0.210. The molecule has 1 aromatic carbocycles. The molecule has 0 saturated heterocycles. The number of hydrogen-bond donors (Lipinski definition) is 2. The lowest BCUT2D eigenvalue weighted by molar-refractivity contribution is -0.137. The van der Waals surface area contributed by atoms with Gasteiger partial charge in [0.05, 0.1) is 5.56 Å². The summed E-state index contributed by atoms with van der Waals surface area (Å²) in [5.41, 5.74) is -1.15. The molecule has 7 heteroatoms. The fourth-order valence-electron chi connectivity index (χ4n) is 1.70. The molecule has 0 atom stereocenters. The lowest BCUT2D eigenvalue weighted by Crippen LogP contribution is -2.41. The highest BCUT2D eigenvalue weighted by Gasteiger charge is 2.33. The van der Waals surface area contributed by atoms with Crippen molar-refractivity contribution in [3.8, 4) is 0 Å². The third-order valence-electron chi connectivity index (χ3n) is 2.47. The molecule has 0 aromatic heterocycles. The Morgan fingerprint density at radius 3 is 2.38 bits per heavy atom. The SMILES string of the molecule is CC(C)(C)NC(=O)CCNc1cc(Br)ccc1C(F)(F)F. The Hall–Kier alpha value is -1.24. The molecule has 0 spiro atoms. The van der Waals surface area contributed by atoms with E-state index in [1.807, 2.05) is 20.8 Å². The van der Waals surface area contributed by atoms with Crippen LogP contribution in [0, 0.1) is 0 Å². The average molecular weight is 367 g/mol. The molecule has 0 saturated carbocycles. The number of rotatable bonds is 4. The molecule has 1 amide bonds. The zero-order valence-electron chi connectivity index (χ0n) is 12.1. The molecule has 0 radical (unpaired) electrons. The first kappa shape index (κ1) is 17.8. The van der Waals surface area contributed by atoms with E-state index in [0.29, 0.717) is 4.47 Å². The predicted molar refractivity (Wildman–Crippen MR) is 80.1 cm³/mol. The Morgan fingerprint density at radius 2 is 1.86 bits per heavy atom. The zero-order chi connectivity index (χ0) is 16.3. The van der Waals surface area contributed by atoms with Gasteiger partial charge in [-0.05, 0) is 39.0 Å². The molecule has 21 heavy (non-hydrogen) atoms. The van der Waals surface area contributed by atoms with Crippen molar-refractivity contribution in [3.05, 3.63) is 28.2 Å². The van der Waals surface area contributed by atoms with E-state index in [0.717, 1.165) is 6.07 Å². The lowest BCUT2D eigenvalue weighted by Gasteiger charge is -2.21. The largest absolute Gasteiger partial charge is 0.418 e. The van der Waals surface area contributed by atoms with Crippen molar-refractivity contribution < 1.29 is 18.0 Å². The van der Waals surface area contributed by atoms with E-state index in [1.54, 1.807) is 0 Å². The summed E-state index contributed by atoms with van der Waals surface area (Å²) in [7, 11) is 0. The number of hydrogen-bond acceptors (Lipinski definition) is 2. The van der Waals surface area contributed by atoms with Crippen LogP contribution in [0.15, 0.2) is 22.7 Å². The summed E-state index contributed by atoms with van der Waals surface area (Å²) in [4.78, 5) is 11.6. The van der Waals surface area contributed by atoms with E-state index in [4.69, 9.17) is 0 Å². The predicted octanol–water partition coefficient (Wildman–Crippen LogP) is 4.18.